The number of aromatic hydroxyl groups is 2. The van der Waals surface area contributed by atoms with Crippen molar-refractivity contribution in [1.29, 1.82) is 0 Å². The number of rotatable bonds is 1. The molecule has 222 valence electrons. The van der Waals surface area contributed by atoms with E-state index >= 15 is 0 Å². The van der Waals surface area contributed by atoms with Crippen LogP contribution in [0.25, 0.3) is 11.1 Å². The Balaban J connectivity index is 1.23. The van der Waals surface area contributed by atoms with E-state index in [4.69, 9.17) is 18.9 Å². The van der Waals surface area contributed by atoms with Gasteiger partial charge in [0.25, 0.3) is 0 Å². The van der Waals surface area contributed by atoms with Gasteiger partial charge in [-0.15, -0.1) is 0 Å². The third-order valence-corrected chi connectivity index (χ3v) is 9.14. The minimum atomic E-state index is -1.06. The van der Waals surface area contributed by atoms with Gasteiger partial charge in [-0.25, -0.2) is 0 Å². The summed E-state index contributed by atoms with van der Waals surface area (Å²) in [7, 11) is 0. The molecule has 4 heterocycles. The number of fused-ring (bicyclic) bond motifs is 6. The van der Waals surface area contributed by atoms with Crippen molar-refractivity contribution in [3.8, 4) is 22.6 Å². The molecule has 0 aromatic heterocycles. The zero-order chi connectivity index (χ0) is 30.9. The SMILES string of the molecule is C[C@@H]1O[C@@H]2CC(=O)O[C@H]2C2=C1C(=O)c1cc(-c3cc(O)c4c(c3)C(=O)C3=C(C4=O)[C@H]4OC(=O)C[C@@H]4O[C@@H]3C)cc(O)c1C2=O. The van der Waals surface area contributed by atoms with Crippen molar-refractivity contribution in [2.75, 3.05) is 0 Å². The third kappa shape index (κ3) is 3.40. The van der Waals surface area contributed by atoms with E-state index < -0.39 is 83.2 Å². The average molecular weight is 599 g/mol. The van der Waals surface area contributed by atoms with Crippen LogP contribution in [0.2, 0.25) is 0 Å². The van der Waals surface area contributed by atoms with E-state index in [0.717, 1.165) is 0 Å². The number of esters is 2. The molecule has 44 heavy (non-hydrogen) atoms. The van der Waals surface area contributed by atoms with Crippen LogP contribution in [0.3, 0.4) is 0 Å². The Morgan fingerprint density at radius 3 is 1.34 bits per heavy atom. The van der Waals surface area contributed by atoms with Gasteiger partial charge in [0.05, 0.1) is 47.3 Å². The summed E-state index contributed by atoms with van der Waals surface area (Å²) in [4.78, 5) is 78.8. The van der Waals surface area contributed by atoms with Crippen molar-refractivity contribution in [1.82, 2.24) is 0 Å². The van der Waals surface area contributed by atoms with Crippen molar-refractivity contribution in [3.63, 3.8) is 0 Å². The van der Waals surface area contributed by atoms with E-state index in [1.807, 2.05) is 0 Å². The van der Waals surface area contributed by atoms with Gasteiger partial charge in [0, 0.05) is 22.3 Å². The Hall–Kier alpha value is -4.94. The van der Waals surface area contributed by atoms with Crippen molar-refractivity contribution in [2.45, 2.75) is 63.3 Å². The zero-order valence-electron chi connectivity index (χ0n) is 23.2. The highest BCUT2D eigenvalue weighted by Gasteiger charge is 2.53. The average Bonchev–Trinajstić information content (AvgIpc) is 3.52. The molecule has 8 rings (SSSR count). The smallest absolute Gasteiger partial charge is 0.309 e. The quantitative estimate of drug-likeness (QED) is 0.458. The summed E-state index contributed by atoms with van der Waals surface area (Å²) in [5, 5.41) is 22.1. The van der Waals surface area contributed by atoms with Gasteiger partial charge >= 0.3 is 11.9 Å². The fourth-order valence-electron chi connectivity index (χ4n) is 7.31. The molecule has 12 nitrogen and oxygen atoms in total. The molecule has 12 heteroatoms. The summed E-state index contributed by atoms with van der Waals surface area (Å²) in [6, 6.07) is 5.14. The Morgan fingerprint density at radius 1 is 0.568 bits per heavy atom. The normalized spacial score (nSPS) is 30.3. The van der Waals surface area contributed by atoms with Crippen molar-refractivity contribution in [2.24, 2.45) is 0 Å². The Morgan fingerprint density at radius 2 is 0.955 bits per heavy atom. The van der Waals surface area contributed by atoms with Crippen LogP contribution in [0, 0.1) is 0 Å². The van der Waals surface area contributed by atoms with Crippen LogP contribution in [0.4, 0.5) is 0 Å². The van der Waals surface area contributed by atoms with Crippen LogP contribution >= 0.6 is 0 Å². The fraction of sp³-hybridized carbons (Fsp3) is 0.312. The summed E-state index contributed by atoms with van der Waals surface area (Å²) in [6.45, 7) is 3.18. The van der Waals surface area contributed by atoms with Gasteiger partial charge in [0.2, 0.25) is 0 Å². The van der Waals surface area contributed by atoms with Crippen LogP contribution in [-0.2, 0) is 28.5 Å². The molecule has 2 N–H and O–H groups in total. The van der Waals surface area contributed by atoms with E-state index in [1.165, 1.54) is 24.3 Å². The molecule has 0 amide bonds. The first kappa shape index (κ1) is 26.7. The van der Waals surface area contributed by atoms with Crippen LogP contribution in [0.5, 0.6) is 11.5 Å². The Bertz CT molecular complexity index is 1770. The topological polar surface area (TPSA) is 180 Å². The van der Waals surface area contributed by atoms with Crippen LogP contribution < -0.4 is 0 Å². The number of Topliss-reactive ketones (excluding diaryl/α,β-unsaturated/α-hetero) is 4. The number of ether oxygens (including phenoxy) is 4. The number of carbonyl (C=O) groups is 6. The molecule has 2 aromatic rings. The van der Waals surface area contributed by atoms with Crippen molar-refractivity contribution < 1.29 is 57.9 Å². The number of carbonyl (C=O) groups excluding carboxylic acids is 6. The third-order valence-electron chi connectivity index (χ3n) is 9.14. The molecule has 0 radical (unpaired) electrons. The summed E-state index contributed by atoms with van der Waals surface area (Å²) in [6.07, 6.45) is -5.36. The monoisotopic (exact) mass is 598 g/mol. The Labute approximate surface area is 247 Å². The standard InChI is InChI=1S/C32H22O12/c1-9-21-25(31-17(41-9)7-19(35)43-31)29(39)23-13(27(21)37)3-11(5-15(23)33)12-4-14-24(16(34)6-12)30(40)26-22(28(14)38)10(2)42-18-8-20(36)44-32(18)26/h3-6,9-10,17-18,31-34H,7-8H2,1-2H3/t9-,10+,17+,18-,31+,32-. The summed E-state index contributed by atoms with van der Waals surface area (Å²) in [5.41, 5.74) is -0.395. The second-order valence-corrected chi connectivity index (χ2v) is 11.7. The lowest BCUT2D eigenvalue weighted by Gasteiger charge is -2.35. The van der Waals surface area contributed by atoms with Gasteiger partial charge in [-0.05, 0) is 49.2 Å². The predicted molar refractivity (Wildman–Crippen MR) is 144 cm³/mol. The first-order chi connectivity index (χ1) is 20.9. The molecule has 0 unspecified atom stereocenters. The van der Waals surface area contributed by atoms with Gasteiger partial charge in [-0.3, -0.25) is 28.8 Å². The van der Waals surface area contributed by atoms with Crippen LogP contribution in [-0.4, -0.2) is 81.9 Å². The number of hydrogen-bond donors (Lipinski definition) is 2. The number of phenolic OH excluding ortho intramolecular Hbond substituents is 2. The minimum absolute atomic E-state index is 0.0150. The van der Waals surface area contributed by atoms with E-state index in [9.17, 15) is 39.0 Å². The maximum Gasteiger partial charge on any atom is 0.309 e. The van der Waals surface area contributed by atoms with Gasteiger partial charge in [-0.1, -0.05) is 0 Å². The lowest BCUT2D eigenvalue weighted by Crippen LogP contribution is -2.44. The second kappa shape index (κ2) is 8.80. The second-order valence-electron chi connectivity index (χ2n) is 11.7. The molecule has 2 saturated heterocycles. The molecule has 2 fully saturated rings. The summed E-state index contributed by atoms with van der Waals surface area (Å²) in [5.74, 6) is -4.71. The molecular weight excluding hydrogens is 576 g/mol. The van der Waals surface area contributed by atoms with Crippen molar-refractivity contribution in [3.05, 3.63) is 68.8 Å². The lowest BCUT2D eigenvalue weighted by atomic mass is 9.75. The largest absolute Gasteiger partial charge is 0.507 e. The number of benzene rings is 2. The highest BCUT2D eigenvalue weighted by Crippen LogP contribution is 2.46. The van der Waals surface area contributed by atoms with Gasteiger partial charge in [0.15, 0.2) is 35.3 Å². The lowest BCUT2D eigenvalue weighted by molar-refractivity contribution is -0.141. The molecule has 0 bridgehead atoms. The molecule has 6 aliphatic rings. The van der Waals surface area contributed by atoms with E-state index in [-0.39, 0.29) is 68.5 Å². The summed E-state index contributed by atoms with van der Waals surface area (Å²) >= 11 is 0. The first-order valence-electron chi connectivity index (χ1n) is 14.1. The van der Waals surface area contributed by atoms with Crippen LogP contribution in [0.15, 0.2) is 46.6 Å². The maximum absolute atomic E-state index is 13.8. The molecule has 2 aliphatic carbocycles. The minimum Gasteiger partial charge on any atom is -0.507 e. The maximum atomic E-state index is 13.8. The zero-order valence-corrected chi connectivity index (χ0v) is 23.2. The number of hydrogen-bond acceptors (Lipinski definition) is 12. The highest BCUT2D eigenvalue weighted by atomic mass is 16.6. The molecule has 4 aliphatic heterocycles. The number of ketones is 4. The van der Waals surface area contributed by atoms with Gasteiger partial charge < -0.3 is 29.2 Å². The first-order valence-corrected chi connectivity index (χ1v) is 14.1. The van der Waals surface area contributed by atoms with E-state index in [2.05, 4.69) is 0 Å². The molecule has 2 aromatic carbocycles. The summed E-state index contributed by atoms with van der Waals surface area (Å²) < 4.78 is 22.3. The Kier molecular flexibility index (Phi) is 5.34. The molecule has 0 spiro atoms. The van der Waals surface area contributed by atoms with Crippen molar-refractivity contribution >= 4 is 35.1 Å². The molecular formula is C32H22O12. The molecule has 6 atom stereocenters. The molecule has 0 saturated carbocycles. The van der Waals surface area contributed by atoms with E-state index in [1.54, 1.807) is 13.8 Å². The van der Waals surface area contributed by atoms with Gasteiger partial charge in [0.1, 0.15) is 23.7 Å². The van der Waals surface area contributed by atoms with Crippen LogP contribution in [0.1, 0.15) is 68.1 Å². The number of phenols is 2. The predicted octanol–water partition coefficient (Wildman–Crippen LogP) is 2.32. The highest BCUT2D eigenvalue weighted by molar-refractivity contribution is 6.30. The van der Waals surface area contributed by atoms with Gasteiger partial charge in [-0.2, -0.15) is 0 Å². The fourth-order valence-corrected chi connectivity index (χ4v) is 7.31. The van der Waals surface area contributed by atoms with E-state index in [0.29, 0.717) is 0 Å².